The monoisotopic (exact) mass is 615 g/mol. The molecule has 6 rings (SSSR count). The van der Waals surface area contributed by atoms with Gasteiger partial charge in [0.25, 0.3) is 0 Å². The van der Waals surface area contributed by atoms with Gasteiger partial charge >= 0.3 is 0 Å². The molecule has 10 nitrogen and oxygen atoms in total. The third-order valence-corrected chi connectivity index (χ3v) is 12.2. The standard InChI is InChI=1S/C32H50ClN7O3/c1-4-26(41)40-16-15-39(18-22(40)11-13-34)30-24-10-12-32(17-21-7-5-9-25(33)28(21)38(3)20-32)29(42)27(24)35-31(36-30)43-19-23-8-6-14-37(23)2/h4,21-25,27-28,30-31,35-36H,1,5-12,14-20H2,2-3H3/t21?,22?,23?,24?,25?,27?,28?,30?,31?,32-/m1/s1. The summed E-state index contributed by atoms with van der Waals surface area (Å²) in [4.78, 5) is 36.2. The Hall–Kier alpha value is -1.58. The number of ether oxygens (including phenoxy) is 1. The summed E-state index contributed by atoms with van der Waals surface area (Å²) in [5.41, 5.74) is -0.367. The van der Waals surface area contributed by atoms with E-state index < -0.39 is 6.35 Å². The Morgan fingerprint density at radius 2 is 1.98 bits per heavy atom. The van der Waals surface area contributed by atoms with Crippen molar-refractivity contribution in [3.8, 4) is 6.07 Å². The Balaban J connectivity index is 1.23. The molecular formula is C32H50ClN7O3. The average Bonchev–Trinajstić information content (AvgIpc) is 3.41. The summed E-state index contributed by atoms with van der Waals surface area (Å²) < 4.78 is 6.50. The Morgan fingerprint density at radius 1 is 1.14 bits per heavy atom. The summed E-state index contributed by atoms with van der Waals surface area (Å²) in [5, 5.41) is 17.1. The summed E-state index contributed by atoms with van der Waals surface area (Å²) in [5.74, 6) is 0.735. The molecule has 4 aliphatic heterocycles. The number of rotatable bonds is 6. The zero-order valence-corrected chi connectivity index (χ0v) is 26.7. The van der Waals surface area contributed by atoms with Gasteiger partial charge in [-0.2, -0.15) is 5.26 Å². The smallest absolute Gasteiger partial charge is 0.246 e. The van der Waals surface area contributed by atoms with Crippen molar-refractivity contribution < 1.29 is 14.3 Å². The van der Waals surface area contributed by atoms with Crippen molar-refractivity contribution in [1.29, 1.82) is 5.26 Å². The number of nitriles is 1. The molecule has 4 saturated heterocycles. The van der Waals surface area contributed by atoms with Gasteiger partial charge in [-0.3, -0.25) is 25.1 Å². The zero-order chi connectivity index (χ0) is 30.3. The van der Waals surface area contributed by atoms with E-state index in [1.165, 1.54) is 12.5 Å². The van der Waals surface area contributed by atoms with Gasteiger partial charge in [0.05, 0.1) is 37.3 Å². The molecule has 1 amide bonds. The Kier molecular flexibility index (Phi) is 9.52. The van der Waals surface area contributed by atoms with Gasteiger partial charge in [-0.1, -0.05) is 13.0 Å². The highest BCUT2D eigenvalue weighted by atomic mass is 35.5. The fraction of sp³-hybridized carbons (Fsp3) is 0.844. The number of fused-ring (bicyclic) bond motifs is 2. The van der Waals surface area contributed by atoms with E-state index in [0.29, 0.717) is 50.0 Å². The van der Waals surface area contributed by atoms with Gasteiger partial charge in [0.15, 0.2) is 12.1 Å². The highest BCUT2D eigenvalue weighted by Gasteiger charge is 2.58. The van der Waals surface area contributed by atoms with Crippen LogP contribution in [0.25, 0.3) is 0 Å². The largest absolute Gasteiger partial charge is 0.348 e. The second-order valence-electron chi connectivity index (χ2n) is 14.2. The number of alkyl halides is 1. The number of piperidine rings is 1. The fourth-order valence-corrected chi connectivity index (χ4v) is 10.1. The van der Waals surface area contributed by atoms with Crippen molar-refractivity contribution in [2.24, 2.45) is 17.3 Å². The van der Waals surface area contributed by atoms with Gasteiger partial charge in [0.1, 0.15) is 0 Å². The third kappa shape index (κ3) is 6.04. The number of nitrogens with one attached hydrogen (secondary N) is 2. The van der Waals surface area contributed by atoms with Crippen molar-refractivity contribution in [2.75, 3.05) is 53.4 Å². The highest BCUT2D eigenvalue weighted by Crippen LogP contribution is 2.51. The first kappa shape index (κ1) is 31.4. The SMILES string of the molecule is C=CC(=O)N1CCN(C2NC(OCC3CCCN3C)NC3C(=O)[C@]4(CCC32)CC2CCCC(Cl)C2N(C)C4)CC1CC#N. The van der Waals surface area contributed by atoms with E-state index >= 15 is 0 Å². The predicted octanol–water partition coefficient (Wildman–Crippen LogP) is 1.96. The van der Waals surface area contributed by atoms with Gasteiger partial charge in [-0.05, 0) is 77.6 Å². The maximum absolute atomic E-state index is 14.7. The van der Waals surface area contributed by atoms with Gasteiger partial charge in [0.2, 0.25) is 5.91 Å². The van der Waals surface area contributed by atoms with E-state index in [1.54, 1.807) is 4.90 Å². The number of hydrogen-bond acceptors (Lipinski definition) is 9. The van der Waals surface area contributed by atoms with E-state index in [2.05, 4.69) is 52.1 Å². The molecule has 0 aromatic rings. The molecule has 238 valence electrons. The molecule has 9 unspecified atom stereocenters. The molecule has 43 heavy (non-hydrogen) atoms. The number of likely N-dealkylation sites (N-methyl/N-ethyl adjacent to an activating group) is 1. The summed E-state index contributed by atoms with van der Waals surface area (Å²) >= 11 is 6.83. The minimum atomic E-state index is -0.447. The molecule has 0 radical (unpaired) electrons. The topological polar surface area (TPSA) is 104 Å². The van der Waals surface area contributed by atoms with E-state index in [1.807, 2.05) is 0 Å². The Morgan fingerprint density at radius 3 is 2.72 bits per heavy atom. The lowest BCUT2D eigenvalue weighted by Crippen LogP contribution is -2.75. The Labute approximate surface area is 262 Å². The molecule has 2 aliphatic carbocycles. The number of carbonyl (C=O) groups excluding carboxylic acids is 2. The van der Waals surface area contributed by atoms with E-state index in [9.17, 15) is 14.9 Å². The molecule has 11 heteroatoms. The number of Topliss-reactive ketones (excluding diaryl/α,β-unsaturated/α-hetero) is 1. The molecule has 0 aromatic carbocycles. The molecule has 0 bridgehead atoms. The van der Waals surface area contributed by atoms with Crippen LogP contribution >= 0.6 is 11.6 Å². The van der Waals surface area contributed by atoms with Crippen molar-refractivity contribution >= 4 is 23.3 Å². The molecule has 6 fully saturated rings. The van der Waals surface area contributed by atoms with Crippen molar-refractivity contribution in [2.45, 2.75) is 99.8 Å². The first-order valence-electron chi connectivity index (χ1n) is 16.5. The van der Waals surface area contributed by atoms with Gasteiger partial charge < -0.3 is 19.4 Å². The summed E-state index contributed by atoms with van der Waals surface area (Å²) in [6.07, 6.45) is 9.45. The summed E-state index contributed by atoms with van der Waals surface area (Å²) in [6, 6.07) is 2.49. The van der Waals surface area contributed by atoms with Gasteiger partial charge in [-0.25, -0.2) is 0 Å². The maximum Gasteiger partial charge on any atom is 0.246 e. The molecule has 6 aliphatic rings. The summed E-state index contributed by atoms with van der Waals surface area (Å²) in [7, 11) is 4.32. The summed E-state index contributed by atoms with van der Waals surface area (Å²) in [6.45, 7) is 7.91. The van der Waals surface area contributed by atoms with Gasteiger partial charge in [-0.15, -0.1) is 11.6 Å². The van der Waals surface area contributed by atoms with Crippen LogP contribution in [0.2, 0.25) is 0 Å². The number of nitrogens with zero attached hydrogens (tertiary/aromatic N) is 5. The molecular weight excluding hydrogens is 566 g/mol. The first-order chi connectivity index (χ1) is 20.7. The van der Waals surface area contributed by atoms with Crippen LogP contribution in [0.5, 0.6) is 0 Å². The molecule has 10 atom stereocenters. The zero-order valence-electron chi connectivity index (χ0n) is 25.9. The van der Waals surface area contributed by atoms with Crippen LogP contribution in [0.3, 0.4) is 0 Å². The predicted molar refractivity (Wildman–Crippen MR) is 165 cm³/mol. The van der Waals surface area contributed by atoms with Crippen molar-refractivity contribution in [1.82, 2.24) is 30.2 Å². The molecule has 0 aromatic heterocycles. The van der Waals surface area contributed by atoms with Crippen LogP contribution in [0.1, 0.15) is 57.8 Å². The minimum Gasteiger partial charge on any atom is -0.348 e. The van der Waals surface area contributed by atoms with E-state index in [0.717, 1.165) is 58.0 Å². The molecule has 2 N–H and O–H groups in total. The Bertz CT molecular complexity index is 1100. The lowest BCUT2D eigenvalue weighted by molar-refractivity contribution is -0.160. The van der Waals surface area contributed by atoms with Crippen LogP contribution < -0.4 is 10.6 Å². The van der Waals surface area contributed by atoms with Crippen molar-refractivity contribution in [3.05, 3.63) is 12.7 Å². The van der Waals surface area contributed by atoms with Crippen LogP contribution in [-0.2, 0) is 14.3 Å². The molecule has 4 heterocycles. The lowest BCUT2D eigenvalue weighted by atomic mass is 9.58. The van der Waals surface area contributed by atoms with Gasteiger partial charge in [0, 0.05) is 55.0 Å². The van der Waals surface area contributed by atoms with E-state index in [4.69, 9.17) is 16.3 Å². The molecule has 2 saturated carbocycles. The average molecular weight is 616 g/mol. The first-order valence-corrected chi connectivity index (χ1v) is 16.9. The third-order valence-electron chi connectivity index (χ3n) is 11.7. The van der Waals surface area contributed by atoms with Crippen LogP contribution in [0, 0.1) is 28.6 Å². The number of carbonyl (C=O) groups is 2. The van der Waals surface area contributed by atoms with Crippen molar-refractivity contribution in [3.63, 3.8) is 0 Å². The second kappa shape index (κ2) is 13.0. The van der Waals surface area contributed by atoms with E-state index in [-0.39, 0.29) is 47.3 Å². The quantitative estimate of drug-likeness (QED) is 0.343. The minimum absolute atomic E-state index is 0.0756. The van der Waals surface area contributed by atoms with Crippen LogP contribution in [0.15, 0.2) is 12.7 Å². The number of likely N-dealkylation sites (tertiary alicyclic amines) is 2. The number of amides is 1. The van der Waals surface area contributed by atoms with Crippen LogP contribution in [0.4, 0.5) is 0 Å². The molecule has 1 spiro atoms. The number of hydrogen-bond donors (Lipinski definition) is 2. The number of halogens is 1. The fourth-order valence-electron chi connectivity index (χ4n) is 9.56. The maximum atomic E-state index is 14.7. The number of ketones is 1. The normalized spacial score (nSPS) is 42.8. The van der Waals surface area contributed by atoms with Crippen LogP contribution in [-0.4, -0.2) is 127 Å². The second-order valence-corrected chi connectivity index (χ2v) is 14.7. The lowest BCUT2D eigenvalue weighted by Gasteiger charge is -2.58. The highest BCUT2D eigenvalue weighted by molar-refractivity contribution is 6.21. The number of piperazine rings is 1.